The molecule has 0 amide bonds. The first-order valence-electron chi connectivity index (χ1n) is 17.3. The number of piperazine rings is 2. The number of halogens is 2. The Balaban J connectivity index is 0.000000159. The van der Waals surface area contributed by atoms with Crippen LogP contribution in [0.3, 0.4) is 0 Å². The molecule has 2 atom stereocenters. The molecule has 2 unspecified atom stereocenters. The minimum absolute atomic E-state index is 0.00885. The summed E-state index contributed by atoms with van der Waals surface area (Å²) in [6.07, 6.45) is 7.51. The third-order valence-corrected chi connectivity index (χ3v) is 11.2. The van der Waals surface area contributed by atoms with Gasteiger partial charge in [-0.25, -0.2) is 4.79 Å². The Morgan fingerprint density at radius 3 is 1.65 bits per heavy atom. The fraction of sp³-hybridized carbons (Fsp3) is 0.325. The maximum absolute atomic E-state index is 12.0. The van der Waals surface area contributed by atoms with Gasteiger partial charge in [-0.05, 0) is 98.1 Å². The Hall–Kier alpha value is -3.55. The van der Waals surface area contributed by atoms with E-state index in [-0.39, 0.29) is 24.3 Å². The molecule has 2 N–H and O–H groups in total. The van der Waals surface area contributed by atoms with Crippen LogP contribution in [-0.4, -0.2) is 119 Å². The first-order valence-corrected chi connectivity index (χ1v) is 18.9. The van der Waals surface area contributed by atoms with Gasteiger partial charge in [-0.2, -0.15) is 0 Å². The number of benzene rings is 2. The number of hydrogen-bond acceptors (Lipinski definition) is 8. The lowest BCUT2D eigenvalue weighted by molar-refractivity contribution is -0.130. The number of likely N-dealkylation sites (N-methyl/N-ethyl adjacent to an activating group) is 2. The summed E-state index contributed by atoms with van der Waals surface area (Å²) in [6.45, 7) is 7.99. The molecule has 8 rings (SSSR count). The number of rotatable bonds is 4. The maximum atomic E-state index is 12.0. The molecule has 2 fully saturated rings. The SMILES string of the molecule is CN1CCN(C2c3ccccc3C=C(C(=O)O)c3cc(Br)cnc32)CC1.CN1CCN(C2c3ccccc3C=C(CO)c3cc(Br)cnc32)CC1. The summed E-state index contributed by atoms with van der Waals surface area (Å²) >= 11 is 6.99. The molecule has 2 aliphatic heterocycles. The first-order chi connectivity index (χ1) is 24.7. The molecule has 0 radical (unpaired) electrons. The largest absolute Gasteiger partial charge is 0.478 e. The summed E-state index contributed by atoms with van der Waals surface area (Å²) in [4.78, 5) is 31.1. The molecule has 2 aromatic carbocycles. The smallest absolute Gasteiger partial charge is 0.336 e. The Bertz CT molecular complexity index is 1980. The van der Waals surface area contributed by atoms with E-state index in [1.807, 2.05) is 30.5 Å². The van der Waals surface area contributed by atoms with Gasteiger partial charge >= 0.3 is 5.97 Å². The number of carboxylic acids is 1. The number of fused-ring (bicyclic) bond motifs is 4. The van der Waals surface area contributed by atoms with Crippen molar-refractivity contribution in [1.29, 1.82) is 0 Å². The first kappa shape index (κ1) is 35.8. The van der Waals surface area contributed by atoms with Crippen LogP contribution in [0.2, 0.25) is 0 Å². The van der Waals surface area contributed by atoms with E-state index in [1.54, 1.807) is 12.3 Å². The minimum atomic E-state index is -0.931. The van der Waals surface area contributed by atoms with Crippen LogP contribution in [0.1, 0.15) is 56.9 Å². The van der Waals surface area contributed by atoms with Crippen LogP contribution in [-0.2, 0) is 4.79 Å². The lowest BCUT2D eigenvalue weighted by Gasteiger charge is -2.38. The maximum Gasteiger partial charge on any atom is 0.336 e. The highest BCUT2D eigenvalue weighted by molar-refractivity contribution is 9.10. The number of nitrogens with zero attached hydrogens (tertiary/aromatic N) is 6. The average molecular weight is 815 g/mol. The van der Waals surface area contributed by atoms with Gasteiger partial charge in [0.15, 0.2) is 0 Å². The van der Waals surface area contributed by atoms with E-state index in [4.69, 9.17) is 4.98 Å². The van der Waals surface area contributed by atoms with Gasteiger partial charge in [0.2, 0.25) is 0 Å². The number of pyridine rings is 2. The zero-order valence-electron chi connectivity index (χ0n) is 28.8. The van der Waals surface area contributed by atoms with E-state index >= 15 is 0 Å². The van der Waals surface area contributed by atoms with E-state index in [0.717, 1.165) is 95.0 Å². The third-order valence-electron chi connectivity index (χ3n) is 10.3. The van der Waals surface area contributed by atoms with Gasteiger partial charge in [0, 0.05) is 84.8 Å². The quantitative estimate of drug-likeness (QED) is 0.252. The van der Waals surface area contributed by atoms with Crippen molar-refractivity contribution in [3.8, 4) is 0 Å². The number of aromatic nitrogens is 2. The van der Waals surface area contributed by atoms with Crippen LogP contribution < -0.4 is 0 Å². The van der Waals surface area contributed by atoms with Crippen LogP contribution in [0.25, 0.3) is 23.3 Å². The second kappa shape index (κ2) is 15.6. The topological polar surface area (TPSA) is 96.3 Å². The molecule has 2 aromatic heterocycles. The van der Waals surface area contributed by atoms with Crippen molar-refractivity contribution in [2.75, 3.05) is 73.1 Å². The Kier molecular flexibility index (Phi) is 11.0. The summed E-state index contributed by atoms with van der Waals surface area (Å²) < 4.78 is 1.72. The fourth-order valence-electron chi connectivity index (χ4n) is 7.59. The molecule has 51 heavy (non-hydrogen) atoms. The number of carbonyl (C=O) groups is 1. The van der Waals surface area contributed by atoms with Crippen molar-refractivity contribution in [1.82, 2.24) is 29.6 Å². The van der Waals surface area contributed by atoms with Crippen LogP contribution in [0, 0.1) is 0 Å². The van der Waals surface area contributed by atoms with Gasteiger partial charge in [-0.3, -0.25) is 19.8 Å². The second-order valence-corrected chi connectivity index (χ2v) is 15.4. The van der Waals surface area contributed by atoms with Crippen LogP contribution in [0.4, 0.5) is 0 Å². The summed E-state index contributed by atoms with van der Waals surface area (Å²) in [7, 11) is 4.30. The van der Waals surface area contributed by atoms with Gasteiger partial charge in [0.1, 0.15) is 0 Å². The number of aliphatic hydroxyl groups excluding tert-OH is 1. The van der Waals surface area contributed by atoms with Gasteiger partial charge in [0.25, 0.3) is 0 Å². The zero-order valence-corrected chi connectivity index (χ0v) is 32.0. The molecule has 4 aliphatic rings. The predicted molar refractivity (Wildman–Crippen MR) is 209 cm³/mol. The minimum Gasteiger partial charge on any atom is -0.478 e. The summed E-state index contributed by atoms with van der Waals surface area (Å²) in [5, 5.41) is 19.8. The van der Waals surface area contributed by atoms with Crippen LogP contribution in [0.15, 0.2) is 82.0 Å². The summed E-state index contributed by atoms with van der Waals surface area (Å²) in [5.41, 5.74) is 9.30. The van der Waals surface area contributed by atoms with Crippen LogP contribution in [0.5, 0.6) is 0 Å². The molecule has 9 nitrogen and oxygen atoms in total. The molecule has 264 valence electrons. The lowest BCUT2D eigenvalue weighted by Crippen LogP contribution is -2.46. The van der Waals surface area contributed by atoms with Crippen molar-refractivity contribution in [2.45, 2.75) is 12.1 Å². The van der Waals surface area contributed by atoms with E-state index in [2.05, 4.69) is 113 Å². The summed E-state index contributed by atoms with van der Waals surface area (Å²) in [6, 6.07) is 20.6. The van der Waals surface area contributed by atoms with Gasteiger partial charge < -0.3 is 20.0 Å². The lowest BCUT2D eigenvalue weighted by atomic mass is 9.95. The monoisotopic (exact) mass is 812 g/mol. The normalized spacial score (nSPS) is 21.0. The standard InChI is InChI=1S/C20H20BrN3O2.C20H22BrN3O/c1-23-6-8-24(9-7-23)19-15-5-3-2-4-13(15)10-17(20(25)26)16-11-14(21)12-22-18(16)19;1-23-6-8-24(9-7-23)20-17-5-3-2-4-14(17)10-15(13-25)18-11-16(21)12-22-19(18)20/h2-5,10-12,19H,6-9H2,1H3,(H,25,26);2-5,10-12,20,25H,6-9,13H2,1H3. The third kappa shape index (κ3) is 7.52. The van der Waals surface area contributed by atoms with E-state index < -0.39 is 5.97 Å². The average Bonchev–Trinajstić information content (AvgIpc) is 3.37. The Morgan fingerprint density at radius 1 is 0.706 bits per heavy atom. The molecule has 0 bridgehead atoms. The van der Waals surface area contributed by atoms with Gasteiger partial charge in [-0.1, -0.05) is 48.5 Å². The predicted octanol–water partition coefficient (Wildman–Crippen LogP) is 6.15. The van der Waals surface area contributed by atoms with E-state index in [1.165, 1.54) is 11.1 Å². The van der Waals surface area contributed by atoms with Crippen molar-refractivity contribution in [2.24, 2.45) is 0 Å². The molecule has 11 heteroatoms. The Labute approximate surface area is 316 Å². The van der Waals surface area contributed by atoms with E-state index in [9.17, 15) is 15.0 Å². The highest BCUT2D eigenvalue weighted by Crippen LogP contribution is 2.41. The molecule has 4 heterocycles. The van der Waals surface area contributed by atoms with Crippen molar-refractivity contribution < 1.29 is 15.0 Å². The van der Waals surface area contributed by atoms with Crippen molar-refractivity contribution in [3.05, 3.63) is 127 Å². The number of aliphatic carboxylic acids is 1. The number of aliphatic hydroxyl groups is 1. The fourth-order valence-corrected chi connectivity index (χ4v) is 8.25. The number of hydrogen-bond donors (Lipinski definition) is 2. The molecular formula is C40H42Br2N6O3. The highest BCUT2D eigenvalue weighted by Gasteiger charge is 2.34. The molecular weight excluding hydrogens is 772 g/mol. The molecule has 0 spiro atoms. The zero-order chi connectivity index (χ0) is 35.6. The van der Waals surface area contributed by atoms with Crippen molar-refractivity contribution in [3.63, 3.8) is 0 Å². The van der Waals surface area contributed by atoms with E-state index in [0.29, 0.717) is 5.56 Å². The summed E-state index contributed by atoms with van der Waals surface area (Å²) in [5.74, 6) is -0.931. The number of carboxylic acid groups (broad SMARTS) is 1. The van der Waals surface area contributed by atoms with Gasteiger partial charge in [0.05, 0.1) is 35.7 Å². The molecule has 2 aliphatic carbocycles. The van der Waals surface area contributed by atoms with Gasteiger partial charge in [-0.15, -0.1) is 0 Å². The van der Waals surface area contributed by atoms with Crippen molar-refractivity contribution >= 4 is 61.1 Å². The highest BCUT2D eigenvalue weighted by atomic mass is 79.9. The molecule has 4 aromatic rings. The van der Waals surface area contributed by atoms with Crippen LogP contribution >= 0.6 is 31.9 Å². The molecule has 0 saturated carbocycles. The molecule has 2 saturated heterocycles. The second-order valence-electron chi connectivity index (χ2n) is 13.6. The Morgan fingerprint density at radius 2 is 1.16 bits per heavy atom.